The van der Waals surface area contributed by atoms with E-state index in [-0.39, 0.29) is 5.41 Å². The lowest BCUT2D eigenvalue weighted by Crippen LogP contribution is -2.36. The maximum Gasteiger partial charge on any atom is 0.0602 e. The molecule has 0 spiro atoms. The molecule has 1 saturated carbocycles. The molecule has 0 aromatic heterocycles. The van der Waals surface area contributed by atoms with Crippen molar-refractivity contribution in [1.29, 1.82) is 0 Å². The monoisotopic (exact) mass is 288 g/mol. The van der Waals surface area contributed by atoms with E-state index < -0.39 is 0 Å². The zero-order valence-corrected chi connectivity index (χ0v) is 13.0. The number of nitrogens with one attached hydrogen (secondary N) is 1. The highest BCUT2D eigenvalue weighted by molar-refractivity contribution is 5.70. The van der Waals surface area contributed by atoms with E-state index in [9.17, 15) is 5.11 Å². The molecule has 0 bridgehead atoms. The van der Waals surface area contributed by atoms with E-state index in [0.29, 0.717) is 6.61 Å². The highest BCUT2D eigenvalue weighted by Gasteiger charge is 2.31. The first-order chi connectivity index (χ1) is 10.3. The second-order valence-electron chi connectivity index (χ2n) is 6.78. The average Bonchev–Trinajstić information content (AvgIpc) is 3.08. The van der Waals surface area contributed by atoms with E-state index in [1.165, 1.54) is 56.6 Å². The number of aliphatic hydroxyl groups is 1. The molecule has 1 heterocycles. The highest BCUT2D eigenvalue weighted by atomic mass is 16.3. The maximum atomic E-state index is 9.85. The fraction of sp³-hybridized carbons (Fsp3) is 0.667. The normalized spacial score (nSPS) is 21.5. The van der Waals surface area contributed by atoms with Gasteiger partial charge in [0.25, 0.3) is 0 Å². The number of benzene rings is 1. The Kier molecular flexibility index (Phi) is 4.69. The van der Waals surface area contributed by atoms with Crippen LogP contribution in [0.15, 0.2) is 24.3 Å². The van der Waals surface area contributed by atoms with Crippen LogP contribution < -0.4 is 10.2 Å². The van der Waals surface area contributed by atoms with Crippen LogP contribution in [0.4, 0.5) is 11.4 Å². The molecule has 116 valence electrons. The fourth-order valence-corrected chi connectivity index (χ4v) is 3.83. The predicted molar refractivity (Wildman–Crippen MR) is 89.0 cm³/mol. The van der Waals surface area contributed by atoms with Crippen LogP contribution in [0.3, 0.4) is 0 Å². The van der Waals surface area contributed by atoms with Gasteiger partial charge in [-0.2, -0.15) is 0 Å². The van der Waals surface area contributed by atoms with Gasteiger partial charge in [-0.05, 0) is 37.8 Å². The topological polar surface area (TPSA) is 35.5 Å². The largest absolute Gasteiger partial charge is 0.396 e. The Hall–Kier alpha value is -1.22. The number of rotatable bonds is 5. The number of hydrogen-bond donors (Lipinski definition) is 2. The minimum atomic E-state index is 0.0936. The summed E-state index contributed by atoms with van der Waals surface area (Å²) in [5.74, 6) is 0. The third kappa shape index (κ3) is 3.34. The summed E-state index contributed by atoms with van der Waals surface area (Å²) in [6.07, 6.45) is 8.76. The van der Waals surface area contributed by atoms with Gasteiger partial charge in [0.2, 0.25) is 0 Å². The lowest BCUT2D eigenvalue weighted by Gasteiger charge is -2.36. The van der Waals surface area contributed by atoms with Gasteiger partial charge >= 0.3 is 0 Å². The SMILES string of the molecule is OCC1(CNc2ccccc2N2CCCC2)CCCCC1. The lowest BCUT2D eigenvalue weighted by atomic mass is 9.74. The maximum absolute atomic E-state index is 9.85. The van der Waals surface area contributed by atoms with E-state index in [0.717, 1.165) is 19.4 Å². The fourth-order valence-electron chi connectivity index (χ4n) is 3.83. The van der Waals surface area contributed by atoms with Crippen molar-refractivity contribution in [1.82, 2.24) is 0 Å². The molecule has 1 aliphatic carbocycles. The van der Waals surface area contributed by atoms with Crippen molar-refractivity contribution in [2.45, 2.75) is 44.9 Å². The molecule has 0 radical (unpaired) electrons. The molecule has 2 aliphatic rings. The Morgan fingerprint density at radius 2 is 1.71 bits per heavy atom. The number of hydrogen-bond acceptors (Lipinski definition) is 3. The first kappa shape index (κ1) is 14.7. The minimum absolute atomic E-state index is 0.0936. The summed E-state index contributed by atoms with van der Waals surface area (Å²) in [6.45, 7) is 3.55. The van der Waals surface area contributed by atoms with Crippen molar-refractivity contribution in [2.24, 2.45) is 5.41 Å². The second-order valence-corrected chi connectivity index (χ2v) is 6.78. The van der Waals surface area contributed by atoms with Gasteiger partial charge in [0, 0.05) is 25.0 Å². The van der Waals surface area contributed by atoms with Crippen molar-refractivity contribution in [3.63, 3.8) is 0 Å². The molecule has 3 rings (SSSR count). The summed E-state index contributed by atoms with van der Waals surface area (Å²) in [4.78, 5) is 2.48. The zero-order chi connectivity index (χ0) is 14.5. The van der Waals surface area contributed by atoms with Crippen LogP contribution in [0.2, 0.25) is 0 Å². The van der Waals surface area contributed by atoms with Crippen molar-refractivity contribution in [2.75, 3.05) is 36.5 Å². The molecule has 0 unspecified atom stereocenters. The van der Waals surface area contributed by atoms with Crippen LogP contribution in [-0.4, -0.2) is 31.3 Å². The van der Waals surface area contributed by atoms with Gasteiger partial charge in [0.05, 0.1) is 18.0 Å². The molecule has 2 N–H and O–H groups in total. The van der Waals surface area contributed by atoms with Crippen LogP contribution in [0, 0.1) is 5.41 Å². The third-order valence-corrected chi connectivity index (χ3v) is 5.25. The molecular formula is C18H28N2O. The lowest BCUT2D eigenvalue weighted by molar-refractivity contribution is 0.0944. The zero-order valence-electron chi connectivity index (χ0n) is 13.0. The van der Waals surface area contributed by atoms with Crippen molar-refractivity contribution < 1.29 is 5.11 Å². The summed E-state index contributed by atoms with van der Waals surface area (Å²) < 4.78 is 0. The van der Waals surface area contributed by atoms with Crippen molar-refractivity contribution in [3.8, 4) is 0 Å². The summed E-state index contributed by atoms with van der Waals surface area (Å²) in [5.41, 5.74) is 2.66. The number of nitrogens with zero attached hydrogens (tertiary/aromatic N) is 1. The molecule has 0 amide bonds. The van der Waals surface area contributed by atoms with Gasteiger partial charge in [-0.25, -0.2) is 0 Å². The third-order valence-electron chi connectivity index (χ3n) is 5.25. The molecular weight excluding hydrogens is 260 g/mol. The van der Waals surface area contributed by atoms with Gasteiger partial charge in [0.15, 0.2) is 0 Å². The summed E-state index contributed by atoms with van der Waals surface area (Å²) >= 11 is 0. The molecule has 3 heteroatoms. The first-order valence-corrected chi connectivity index (χ1v) is 8.52. The molecule has 21 heavy (non-hydrogen) atoms. The van der Waals surface area contributed by atoms with Crippen molar-refractivity contribution >= 4 is 11.4 Å². The Balaban J connectivity index is 1.69. The van der Waals surface area contributed by atoms with E-state index >= 15 is 0 Å². The molecule has 2 fully saturated rings. The Bertz CT molecular complexity index is 448. The standard InChI is InChI=1S/C18H28N2O/c21-15-18(10-4-1-5-11-18)14-19-16-8-2-3-9-17(16)20-12-6-7-13-20/h2-3,8-9,19,21H,1,4-7,10-15H2. The van der Waals surface area contributed by atoms with Gasteiger partial charge in [-0.3, -0.25) is 0 Å². The number of aliphatic hydroxyl groups excluding tert-OH is 1. The van der Waals surface area contributed by atoms with E-state index in [1.807, 2.05) is 0 Å². The Morgan fingerprint density at radius 1 is 1.00 bits per heavy atom. The molecule has 1 aromatic carbocycles. The summed E-state index contributed by atoms with van der Waals surface area (Å²) in [6, 6.07) is 8.64. The summed E-state index contributed by atoms with van der Waals surface area (Å²) in [7, 11) is 0. The molecule has 1 aromatic rings. The molecule has 0 atom stereocenters. The molecule has 1 aliphatic heterocycles. The smallest absolute Gasteiger partial charge is 0.0602 e. The van der Waals surface area contributed by atoms with E-state index in [1.54, 1.807) is 0 Å². The van der Waals surface area contributed by atoms with Crippen LogP contribution in [-0.2, 0) is 0 Å². The van der Waals surface area contributed by atoms with Crippen molar-refractivity contribution in [3.05, 3.63) is 24.3 Å². The van der Waals surface area contributed by atoms with Gasteiger partial charge in [0.1, 0.15) is 0 Å². The van der Waals surface area contributed by atoms with Gasteiger partial charge < -0.3 is 15.3 Å². The van der Waals surface area contributed by atoms with Crippen LogP contribution in [0.1, 0.15) is 44.9 Å². The van der Waals surface area contributed by atoms with Crippen LogP contribution in [0.25, 0.3) is 0 Å². The molecule has 1 saturated heterocycles. The minimum Gasteiger partial charge on any atom is -0.396 e. The molecule has 3 nitrogen and oxygen atoms in total. The van der Waals surface area contributed by atoms with E-state index in [4.69, 9.17) is 0 Å². The van der Waals surface area contributed by atoms with Crippen LogP contribution >= 0.6 is 0 Å². The first-order valence-electron chi connectivity index (χ1n) is 8.52. The number of anilines is 2. The quantitative estimate of drug-likeness (QED) is 0.868. The average molecular weight is 288 g/mol. The summed E-state index contributed by atoms with van der Waals surface area (Å²) in [5, 5.41) is 13.5. The predicted octanol–water partition coefficient (Wildman–Crippen LogP) is 3.64. The number of para-hydroxylation sites is 2. The van der Waals surface area contributed by atoms with Gasteiger partial charge in [-0.1, -0.05) is 31.4 Å². The van der Waals surface area contributed by atoms with Crippen LogP contribution in [0.5, 0.6) is 0 Å². The van der Waals surface area contributed by atoms with E-state index in [2.05, 4.69) is 34.5 Å². The Labute approximate surface area is 128 Å². The second kappa shape index (κ2) is 6.69. The van der Waals surface area contributed by atoms with Gasteiger partial charge in [-0.15, -0.1) is 0 Å². The highest BCUT2D eigenvalue weighted by Crippen LogP contribution is 2.37. The Morgan fingerprint density at radius 3 is 2.43 bits per heavy atom.